The molecule has 0 aliphatic carbocycles. The number of hydrogen-bond donors (Lipinski definition) is 0. The summed E-state index contributed by atoms with van der Waals surface area (Å²) in [6, 6.07) is 31.3. The van der Waals surface area contributed by atoms with Gasteiger partial charge in [-0.25, -0.2) is 0 Å². The lowest BCUT2D eigenvalue weighted by atomic mass is 9.85. The molecule has 3 aromatic carbocycles. The van der Waals surface area contributed by atoms with Crippen LogP contribution in [0.5, 0.6) is 17.2 Å². The molecule has 2 aliphatic heterocycles. The molecule has 418 valence electrons. The summed E-state index contributed by atoms with van der Waals surface area (Å²) in [5, 5.41) is 1.33. The lowest BCUT2D eigenvalue weighted by Crippen LogP contribution is -2.24. The highest BCUT2D eigenvalue weighted by Crippen LogP contribution is 2.50. The highest BCUT2D eigenvalue weighted by molar-refractivity contribution is 8.26. The minimum absolute atomic E-state index is 0.312. The highest BCUT2D eigenvalue weighted by atomic mass is 32.2. The van der Waals surface area contributed by atoms with Crippen LogP contribution in [0.15, 0.2) is 106 Å². The van der Waals surface area contributed by atoms with Crippen molar-refractivity contribution >= 4 is 63.0 Å². The molecule has 2 saturated heterocycles. The van der Waals surface area contributed by atoms with Crippen molar-refractivity contribution in [3.05, 3.63) is 122 Å². The van der Waals surface area contributed by atoms with E-state index in [2.05, 4.69) is 184 Å². The fourth-order valence-electron chi connectivity index (χ4n) is 10.8. The number of pyridine rings is 1. The van der Waals surface area contributed by atoms with E-state index in [0.29, 0.717) is 24.9 Å². The van der Waals surface area contributed by atoms with Crippen LogP contribution in [0.25, 0.3) is 55.5 Å². The van der Waals surface area contributed by atoms with E-state index in [-0.39, 0.29) is 0 Å². The summed E-state index contributed by atoms with van der Waals surface area (Å²) in [7, 11) is 2.23. The molecule has 80 heavy (non-hydrogen) atoms. The number of hydrogen-bond acceptors (Lipinski definition) is 8. The first-order chi connectivity index (χ1) is 39.2. The number of rotatable bonds is 28. The third-order valence-corrected chi connectivity index (χ3v) is 19.0. The van der Waals surface area contributed by atoms with Gasteiger partial charge in [-0.3, -0.25) is 0 Å². The van der Waals surface area contributed by atoms with E-state index in [1.165, 1.54) is 110 Å². The third kappa shape index (κ3) is 15.5. The fourth-order valence-corrected chi connectivity index (χ4v) is 14.6. The second-order valence-electron chi connectivity index (χ2n) is 21.2. The summed E-state index contributed by atoms with van der Waals surface area (Å²) in [5.41, 5.74) is 11.6. The van der Waals surface area contributed by atoms with Gasteiger partial charge in [-0.1, -0.05) is 177 Å². The number of terminal acetylenes is 1. The number of aromatic nitrogens is 1. The normalized spacial score (nSPS) is 15.0. The average molecular weight is 1140 g/mol. The van der Waals surface area contributed by atoms with Gasteiger partial charge in [-0.15, -0.1) is 17.8 Å². The van der Waals surface area contributed by atoms with Gasteiger partial charge in [0.2, 0.25) is 0 Å². The van der Waals surface area contributed by atoms with Crippen LogP contribution in [-0.4, -0.2) is 58.4 Å². The van der Waals surface area contributed by atoms with E-state index in [0.717, 1.165) is 108 Å². The summed E-state index contributed by atoms with van der Waals surface area (Å²) in [6.07, 6.45) is 31.4. The summed E-state index contributed by atoms with van der Waals surface area (Å²) in [4.78, 5) is 10.0. The molecule has 0 N–H and O–H groups in total. The lowest BCUT2D eigenvalue weighted by Gasteiger charge is -2.18. The van der Waals surface area contributed by atoms with Crippen LogP contribution in [0, 0.1) is 43.1 Å². The zero-order valence-corrected chi connectivity index (χ0v) is 51.7. The molecule has 0 bridgehead atoms. The highest BCUT2D eigenvalue weighted by Gasteiger charge is 2.31. The molecule has 10 heteroatoms. The smallest absolute Gasteiger partial charge is 0.148 e. The first kappa shape index (κ1) is 60.2. The van der Waals surface area contributed by atoms with Crippen LogP contribution < -0.4 is 14.2 Å². The fraction of sp³-hybridized carbons (Fsp3) is 0.414. The number of fused-ring (bicyclic) bond motifs is 1. The van der Waals surface area contributed by atoms with Gasteiger partial charge >= 0.3 is 0 Å². The predicted octanol–water partition coefficient (Wildman–Crippen LogP) is 19.7. The Hall–Kier alpha value is -5.93. The molecule has 0 radical (unpaired) electrons. The van der Waals surface area contributed by atoms with E-state index >= 15 is 0 Å². The Balaban J connectivity index is 1.23. The van der Waals surface area contributed by atoms with Crippen LogP contribution >= 0.6 is 47.1 Å². The first-order valence-corrected chi connectivity index (χ1v) is 32.4. The van der Waals surface area contributed by atoms with E-state index in [4.69, 9.17) is 32.9 Å². The minimum atomic E-state index is 0.312. The van der Waals surface area contributed by atoms with Gasteiger partial charge in [0.05, 0.1) is 40.9 Å². The quantitative estimate of drug-likeness (QED) is 0.0273. The topological polar surface area (TPSA) is 38.6 Å². The largest absolute Gasteiger partial charge is 0.493 e. The molecule has 0 saturated carbocycles. The van der Waals surface area contributed by atoms with E-state index in [1.54, 1.807) is 11.8 Å². The van der Waals surface area contributed by atoms with Crippen molar-refractivity contribution in [1.29, 1.82) is 0 Å². The summed E-state index contributed by atoms with van der Waals surface area (Å²) < 4.78 is 22.6. The zero-order valence-electron chi connectivity index (χ0n) is 48.4. The van der Waals surface area contributed by atoms with Gasteiger partial charge in [0, 0.05) is 75.6 Å². The number of ether oxygens (including phenoxy) is 3. The van der Waals surface area contributed by atoms with Crippen molar-refractivity contribution < 1.29 is 14.2 Å². The number of aryl methyl sites for hydroxylation is 1. The Morgan fingerprint density at radius 2 is 1.40 bits per heavy atom. The molecular formula is C70H81N3O3S4. The van der Waals surface area contributed by atoms with Gasteiger partial charge in [-0.05, 0) is 133 Å². The average Bonchev–Trinajstić information content (AvgIpc) is 4.43. The Labute approximate surface area is 497 Å². The Morgan fingerprint density at radius 3 is 2.14 bits per heavy atom. The number of likely N-dealkylation sites (N-methyl/N-ethyl adjacent to an activating group) is 1. The van der Waals surface area contributed by atoms with Crippen molar-refractivity contribution in [3.63, 3.8) is 0 Å². The van der Waals surface area contributed by atoms with Crippen molar-refractivity contribution in [2.75, 3.05) is 39.9 Å². The molecule has 0 amide bonds. The van der Waals surface area contributed by atoms with Crippen molar-refractivity contribution in [3.8, 4) is 97.4 Å². The number of thiocarbonyl (C=S) groups is 1. The van der Waals surface area contributed by atoms with E-state index < -0.39 is 0 Å². The molecule has 8 rings (SSSR count). The van der Waals surface area contributed by atoms with Crippen LogP contribution in [0.2, 0.25) is 0 Å². The summed E-state index contributed by atoms with van der Waals surface area (Å²) >= 11 is 11.5. The van der Waals surface area contributed by atoms with Crippen LogP contribution in [-0.2, 0) is 0 Å². The Kier molecular flexibility index (Phi) is 23.1. The van der Waals surface area contributed by atoms with Gasteiger partial charge < -0.3 is 28.4 Å². The summed E-state index contributed by atoms with van der Waals surface area (Å²) in [5.74, 6) is 13.1. The van der Waals surface area contributed by atoms with Gasteiger partial charge in [0.15, 0.2) is 0 Å². The van der Waals surface area contributed by atoms with Gasteiger partial charge in [0.25, 0.3) is 0 Å². The molecule has 2 fully saturated rings. The lowest BCUT2D eigenvalue weighted by molar-refractivity contribution is 0.291. The maximum Gasteiger partial charge on any atom is 0.148 e. The molecule has 2 aliphatic rings. The number of thiophene rings is 1. The second kappa shape index (κ2) is 30.8. The maximum absolute atomic E-state index is 6.64. The Morgan fingerprint density at radius 1 is 0.688 bits per heavy atom. The molecule has 6 aromatic rings. The SMILES string of the molecule is C#CC#CC#COc1cc(C)ccc1-c1ccn2c(-c3ccc(/C=C4\CN(C)/C(=C5\CN(CCCCCC)C(=S)S5)S4)s3)c(-c3ccc(-c4ccc(OCCCCCC)cc4OCCCCCC)cc3)c(C(CC)CCCC)c2c1. The molecule has 6 nitrogen and oxygen atoms in total. The molecule has 1 unspecified atom stereocenters. The van der Waals surface area contributed by atoms with E-state index in [1.807, 2.05) is 29.2 Å². The first-order valence-electron chi connectivity index (χ1n) is 29.5. The summed E-state index contributed by atoms with van der Waals surface area (Å²) in [6.45, 7) is 17.7. The van der Waals surface area contributed by atoms with Crippen molar-refractivity contribution in [2.45, 2.75) is 150 Å². The predicted molar refractivity (Wildman–Crippen MR) is 350 cm³/mol. The van der Waals surface area contributed by atoms with Crippen LogP contribution in [0.4, 0.5) is 0 Å². The zero-order chi connectivity index (χ0) is 56.2. The van der Waals surface area contributed by atoms with E-state index in [9.17, 15) is 0 Å². The van der Waals surface area contributed by atoms with Gasteiger partial charge in [0.1, 0.15) is 27.7 Å². The molecule has 0 spiro atoms. The van der Waals surface area contributed by atoms with Crippen LogP contribution in [0.3, 0.4) is 0 Å². The standard InChI is InChI=1S/C70H81N3O3S4/c1-9-15-20-24-40-72-50-65(80-70(72)77)69-71(8)49-58(79-69)48-57-35-38-64(78-57)68-67(54-32-30-53(31-33-54)59-37-34-56(74-42-25-21-16-10-2)47-63(59)76-44-27-23-18-12-4)66(52(14-6)28-19-13-5)61-46-55(39-41-73(61)68)60-36-29-51(7)45-62(60)75-43-26-22-17-11-3/h3,29-39,41,45-48,52H,9-10,12-16,18-21,23-25,27-28,40,42,44,49-50H2,1-2,4-8H3/b58-48+,69-65-. The second-order valence-corrected chi connectivity index (χ2v) is 25.1. The molecule has 5 heterocycles. The molecular weight excluding hydrogens is 1060 g/mol. The maximum atomic E-state index is 6.64. The molecule has 1 atom stereocenters. The number of benzene rings is 3. The Bertz CT molecular complexity index is 3300. The minimum Gasteiger partial charge on any atom is -0.493 e. The van der Waals surface area contributed by atoms with Gasteiger partial charge in [-0.2, -0.15) is 0 Å². The number of thioether (sulfide) groups is 2. The molecule has 3 aromatic heterocycles. The van der Waals surface area contributed by atoms with Crippen molar-refractivity contribution in [1.82, 2.24) is 14.2 Å². The number of nitrogens with zero attached hydrogens (tertiary/aromatic N) is 3. The third-order valence-electron chi connectivity index (χ3n) is 15.1. The van der Waals surface area contributed by atoms with Crippen LogP contribution in [0.1, 0.15) is 159 Å². The number of unbranched alkanes of at least 4 members (excludes halogenated alkanes) is 10. The van der Waals surface area contributed by atoms with Crippen molar-refractivity contribution in [2.24, 2.45) is 0 Å². The monoisotopic (exact) mass is 1140 g/mol.